The highest BCUT2D eigenvalue weighted by molar-refractivity contribution is 5.71. The molecule has 4 rings (SSSR count). The molecule has 0 amide bonds. The van der Waals surface area contributed by atoms with Gasteiger partial charge in [-0.15, -0.1) is 0 Å². The van der Waals surface area contributed by atoms with E-state index in [1.54, 1.807) is 43.7 Å². The maximum Gasteiger partial charge on any atom is 0.292 e. The number of anilines is 5. The second-order valence-corrected chi connectivity index (χ2v) is 6.59. The molecule has 0 saturated heterocycles. The minimum atomic E-state index is -0.436. The molecule has 0 aliphatic heterocycles. The van der Waals surface area contributed by atoms with E-state index >= 15 is 0 Å². The molecule has 0 spiro atoms. The smallest absolute Gasteiger partial charge is 0.292 e. The summed E-state index contributed by atoms with van der Waals surface area (Å²) < 4.78 is 0. The van der Waals surface area contributed by atoms with Crippen LogP contribution in [0.15, 0.2) is 73.3 Å². The van der Waals surface area contributed by atoms with Gasteiger partial charge < -0.3 is 16.4 Å². The Morgan fingerprint density at radius 1 is 0.758 bits per heavy atom. The Bertz CT molecular complexity index is 1170. The SMILES string of the molecule is C.Cc1nccnc1Nc1ccccc1N.Cc1nccnc1Nc1ccccc1[N+](=O)[O-]. The average molecular weight is 447 g/mol. The largest absolute Gasteiger partial charge is 0.397 e. The molecule has 4 N–H and O–H groups in total. The molecular weight excluding hydrogens is 420 g/mol. The zero-order chi connectivity index (χ0) is 22.9. The summed E-state index contributed by atoms with van der Waals surface area (Å²) in [6.07, 6.45) is 6.41. The van der Waals surface area contributed by atoms with E-state index in [9.17, 15) is 10.1 Å². The number of rotatable bonds is 5. The Kier molecular flexibility index (Phi) is 8.75. The first-order valence-electron chi connectivity index (χ1n) is 9.63. The lowest BCUT2D eigenvalue weighted by Gasteiger charge is -2.09. The molecule has 0 fully saturated rings. The molecule has 10 heteroatoms. The third-order valence-electron chi connectivity index (χ3n) is 4.33. The zero-order valence-electron chi connectivity index (χ0n) is 17.6. The summed E-state index contributed by atoms with van der Waals surface area (Å²) in [4.78, 5) is 26.8. The molecule has 2 aromatic heterocycles. The summed E-state index contributed by atoms with van der Waals surface area (Å²) in [5.41, 5.74) is 9.30. The number of hydrogen-bond acceptors (Lipinski definition) is 9. The van der Waals surface area contributed by atoms with Crippen molar-refractivity contribution < 1.29 is 4.92 Å². The van der Waals surface area contributed by atoms with E-state index in [0.717, 1.165) is 17.2 Å². The average Bonchev–Trinajstić information content (AvgIpc) is 2.79. The molecule has 0 radical (unpaired) electrons. The lowest BCUT2D eigenvalue weighted by atomic mass is 10.2. The number of nitrogens with two attached hydrogens (primary N) is 1. The number of nitro groups is 1. The molecule has 2 aromatic carbocycles. The lowest BCUT2D eigenvalue weighted by Crippen LogP contribution is -2.00. The van der Waals surface area contributed by atoms with Crippen LogP contribution < -0.4 is 16.4 Å². The van der Waals surface area contributed by atoms with Crippen molar-refractivity contribution in [1.29, 1.82) is 0 Å². The highest BCUT2D eigenvalue weighted by Crippen LogP contribution is 2.26. The number of nitro benzene ring substituents is 1. The van der Waals surface area contributed by atoms with Gasteiger partial charge in [-0.2, -0.15) is 0 Å². The van der Waals surface area contributed by atoms with Gasteiger partial charge in [0, 0.05) is 30.9 Å². The number of aromatic nitrogens is 4. The summed E-state index contributed by atoms with van der Waals surface area (Å²) in [7, 11) is 0. The third kappa shape index (κ3) is 6.69. The second-order valence-electron chi connectivity index (χ2n) is 6.59. The summed E-state index contributed by atoms with van der Waals surface area (Å²) in [5.74, 6) is 1.25. The predicted molar refractivity (Wildman–Crippen MR) is 131 cm³/mol. The van der Waals surface area contributed by atoms with Crippen LogP contribution in [0.3, 0.4) is 0 Å². The summed E-state index contributed by atoms with van der Waals surface area (Å²) >= 11 is 0. The Morgan fingerprint density at radius 2 is 1.21 bits per heavy atom. The highest BCUT2D eigenvalue weighted by Gasteiger charge is 2.13. The molecule has 0 atom stereocenters. The first-order valence-corrected chi connectivity index (χ1v) is 9.63. The first kappa shape index (κ1) is 24.7. The van der Waals surface area contributed by atoms with Crippen LogP contribution in [-0.2, 0) is 0 Å². The highest BCUT2D eigenvalue weighted by atomic mass is 16.6. The lowest BCUT2D eigenvalue weighted by molar-refractivity contribution is -0.383. The monoisotopic (exact) mass is 446 g/mol. The summed E-state index contributed by atoms with van der Waals surface area (Å²) in [6, 6.07) is 14.0. The van der Waals surface area contributed by atoms with Gasteiger partial charge in [0.2, 0.25) is 0 Å². The van der Waals surface area contributed by atoms with Crippen molar-refractivity contribution in [1.82, 2.24) is 19.9 Å². The van der Waals surface area contributed by atoms with E-state index in [0.29, 0.717) is 22.9 Å². The number of nitrogens with zero attached hydrogens (tertiary/aromatic N) is 5. The second kappa shape index (κ2) is 11.7. The van der Waals surface area contributed by atoms with Crippen molar-refractivity contribution in [2.24, 2.45) is 0 Å². The molecule has 0 saturated carbocycles. The summed E-state index contributed by atoms with van der Waals surface area (Å²) in [5, 5.41) is 16.9. The van der Waals surface area contributed by atoms with Crippen LogP contribution in [0, 0.1) is 24.0 Å². The number of aryl methyl sites for hydroxylation is 2. The van der Waals surface area contributed by atoms with Gasteiger partial charge in [-0.1, -0.05) is 31.7 Å². The maximum atomic E-state index is 10.8. The molecule has 0 aliphatic carbocycles. The maximum absolute atomic E-state index is 10.8. The van der Waals surface area contributed by atoms with Crippen molar-refractivity contribution in [3.05, 3.63) is 94.8 Å². The fourth-order valence-corrected chi connectivity index (χ4v) is 2.67. The van der Waals surface area contributed by atoms with E-state index in [4.69, 9.17) is 5.73 Å². The Balaban J connectivity index is 0.000000228. The predicted octanol–water partition coefficient (Wildman–Crippen LogP) is 5.18. The van der Waals surface area contributed by atoms with Crippen LogP contribution >= 0.6 is 0 Å². The zero-order valence-corrected chi connectivity index (χ0v) is 17.6. The van der Waals surface area contributed by atoms with E-state index in [1.807, 2.05) is 31.2 Å². The van der Waals surface area contributed by atoms with Crippen LogP contribution in [0.4, 0.5) is 34.4 Å². The van der Waals surface area contributed by atoms with Crippen LogP contribution in [-0.4, -0.2) is 24.9 Å². The van der Waals surface area contributed by atoms with Crippen LogP contribution in [0.1, 0.15) is 18.8 Å². The number of nitrogen functional groups attached to an aromatic ring is 1. The molecule has 4 aromatic rings. The quantitative estimate of drug-likeness (QED) is 0.214. The van der Waals surface area contributed by atoms with E-state index < -0.39 is 4.92 Å². The van der Waals surface area contributed by atoms with Crippen molar-refractivity contribution in [3.63, 3.8) is 0 Å². The Hall–Kier alpha value is -4.60. The van der Waals surface area contributed by atoms with E-state index in [2.05, 4.69) is 30.6 Å². The van der Waals surface area contributed by atoms with Crippen LogP contribution in [0.2, 0.25) is 0 Å². The third-order valence-corrected chi connectivity index (χ3v) is 4.33. The Morgan fingerprint density at radius 3 is 1.73 bits per heavy atom. The summed E-state index contributed by atoms with van der Waals surface area (Å²) in [6.45, 7) is 3.68. The molecule has 33 heavy (non-hydrogen) atoms. The fraction of sp³-hybridized carbons (Fsp3) is 0.130. The molecule has 170 valence electrons. The van der Waals surface area contributed by atoms with Crippen LogP contribution in [0.5, 0.6) is 0 Å². The van der Waals surface area contributed by atoms with E-state index in [1.165, 1.54) is 12.3 Å². The minimum Gasteiger partial charge on any atom is -0.397 e. The van der Waals surface area contributed by atoms with Crippen molar-refractivity contribution in [2.75, 3.05) is 16.4 Å². The first-order chi connectivity index (χ1) is 15.5. The molecule has 0 bridgehead atoms. The van der Waals surface area contributed by atoms with Gasteiger partial charge >= 0.3 is 0 Å². The minimum absolute atomic E-state index is 0. The van der Waals surface area contributed by atoms with Gasteiger partial charge in [-0.25, -0.2) is 9.97 Å². The van der Waals surface area contributed by atoms with Gasteiger partial charge in [0.25, 0.3) is 5.69 Å². The van der Waals surface area contributed by atoms with Crippen molar-refractivity contribution in [3.8, 4) is 0 Å². The molecule has 10 nitrogen and oxygen atoms in total. The fourth-order valence-electron chi connectivity index (χ4n) is 2.67. The van der Waals surface area contributed by atoms with Gasteiger partial charge in [-0.05, 0) is 32.0 Å². The number of para-hydroxylation sites is 4. The van der Waals surface area contributed by atoms with Crippen LogP contribution in [0.25, 0.3) is 0 Å². The molecule has 2 heterocycles. The number of nitrogens with one attached hydrogen (secondary N) is 2. The molecular formula is C23H26N8O2. The van der Waals surface area contributed by atoms with Crippen molar-refractivity contribution in [2.45, 2.75) is 21.3 Å². The van der Waals surface area contributed by atoms with Gasteiger partial charge in [0.1, 0.15) is 5.69 Å². The Labute approximate surface area is 192 Å². The van der Waals surface area contributed by atoms with Gasteiger partial charge in [0.15, 0.2) is 11.6 Å². The number of hydrogen-bond donors (Lipinski definition) is 3. The van der Waals surface area contributed by atoms with Crippen molar-refractivity contribution >= 4 is 34.4 Å². The normalized spacial score (nSPS) is 9.64. The topological polar surface area (TPSA) is 145 Å². The van der Waals surface area contributed by atoms with Gasteiger partial charge in [0.05, 0.1) is 27.7 Å². The molecule has 0 aliphatic rings. The van der Waals surface area contributed by atoms with Gasteiger partial charge in [-0.3, -0.25) is 20.1 Å². The standard InChI is InChI=1S/C11H10N4O2.C11H12N4.CH4/c1-8-11(13-7-6-12-8)14-9-4-2-3-5-10(9)15(16)17;1-8-11(14-7-6-13-8)15-10-5-3-2-4-9(10)12;/h2-7H,1H3,(H,13,14);2-7H,12H2,1H3,(H,14,15);1H4. The molecule has 0 unspecified atom stereocenters. The number of benzene rings is 2. The van der Waals surface area contributed by atoms with E-state index in [-0.39, 0.29) is 13.1 Å².